The summed E-state index contributed by atoms with van der Waals surface area (Å²) < 4.78 is 3.61. The quantitative estimate of drug-likeness (QED) is 0.420. The first-order valence-corrected chi connectivity index (χ1v) is 1.83. The number of nitrogens with two attached hydrogens (primary N) is 1. The minimum absolute atomic E-state index is 1.05. The predicted octanol–water partition coefficient (Wildman–Crippen LogP) is -0.728. The van der Waals surface area contributed by atoms with Crippen molar-refractivity contribution in [2.24, 2.45) is 5.73 Å². The lowest BCUT2D eigenvalue weighted by molar-refractivity contribution is 0.189. The van der Waals surface area contributed by atoms with E-state index in [2.05, 4.69) is 10.5 Å². The van der Waals surface area contributed by atoms with Crippen molar-refractivity contribution >= 4 is 12.1 Å². The molecule has 9 heavy (non-hydrogen) atoms. The Bertz CT molecular complexity index is 170. The van der Waals surface area contributed by atoms with Crippen LogP contribution in [-0.4, -0.2) is 12.1 Å². The van der Waals surface area contributed by atoms with E-state index < -0.39 is 12.1 Å². The molecule has 3 amide bonds. The molecule has 0 aliphatic carbocycles. The average Bonchev–Trinajstić information content (AvgIpc) is 1.63. The number of nitriles is 1. The van der Waals surface area contributed by atoms with Crippen molar-refractivity contribution < 1.29 is 14.3 Å². The molecule has 0 aliphatic rings. The minimum Gasteiger partial charge on any atom is -0.351 e. The van der Waals surface area contributed by atoms with Gasteiger partial charge in [0.15, 0.2) is 0 Å². The first-order chi connectivity index (χ1) is 4.16. The Balaban J connectivity index is 3.54. The third-order valence-electron chi connectivity index (χ3n) is 0.364. The Labute approximate surface area is 50.2 Å². The van der Waals surface area contributed by atoms with Gasteiger partial charge in [-0.05, 0) is 0 Å². The number of primary amides is 1. The van der Waals surface area contributed by atoms with Crippen LogP contribution >= 0.6 is 0 Å². The first-order valence-electron chi connectivity index (χ1n) is 1.83. The highest BCUT2D eigenvalue weighted by Gasteiger charge is 2.02. The molecule has 0 spiro atoms. The van der Waals surface area contributed by atoms with Crippen LogP contribution in [0.15, 0.2) is 0 Å². The second kappa shape index (κ2) is 3.26. The SMILES string of the molecule is N#COC(=O)NC(N)=O. The molecule has 3 N–H and O–H groups in total. The topological polar surface area (TPSA) is 105 Å². The molecule has 6 nitrogen and oxygen atoms in total. The van der Waals surface area contributed by atoms with Gasteiger partial charge in [0.2, 0.25) is 0 Å². The molecule has 0 heterocycles. The van der Waals surface area contributed by atoms with Crippen LogP contribution in [0.5, 0.6) is 0 Å². The van der Waals surface area contributed by atoms with Crippen LogP contribution in [-0.2, 0) is 4.74 Å². The summed E-state index contributed by atoms with van der Waals surface area (Å²) in [5.74, 6) is 0. The molecule has 0 bridgehead atoms. The van der Waals surface area contributed by atoms with Crippen molar-refractivity contribution in [2.45, 2.75) is 0 Å². The fourth-order valence-corrected chi connectivity index (χ4v) is 0.168. The minimum atomic E-state index is -1.18. The molecule has 0 fully saturated rings. The number of ether oxygens (including phenoxy) is 1. The van der Waals surface area contributed by atoms with Gasteiger partial charge in [-0.2, -0.15) is 0 Å². The van der Waals surface area contributed by atoms with Gasteiger partial charge in [0.1, 0.15) is 0 Å². The third kappa shape index (κ3) is 4.08. The maximum atomic E-state index is 10.00. The number of carbonyl (C=O) groups is 2. The van der Waals surface area contributed by atoms with Gasteiger partial charge in [0, 0.05) is 0 Å². The zero-order valence-corrected chi connectivity index (χ0v) is 4.25. The van der Waals surface area contributed by atoms with E-state index in [1.165, 1.54) is 5.32 Å². The molecule has 0 aromatic rings. The van der Waals surface area contributed by atoms with Crippen LogP contribution in [0.1, 0.15) is 0 Å². The molecule has 0 rings (SSSR count). The number of amides is 3. The average molecular weight is 129 g/mol. The van der Waals surface area contributed by atoms with E-state index in [4.69, 9.17) is 5.26 Å². The normalized spacial score (nSPS) is 7.00. The van der Waals surface area contributed by atoms with Crippen LogP contribution in [0.25, 0.3) is 0 Å². The highest BCUT2D eigenvalue weighted by atomic mass is 16.5. The molecule has 0 unspecified atom stereocenters. The Morgan fingerprint density at radius 1 is 1.67 bits per heavy atom. The van der Waals surface area contributed by atoms with Crippen molar-refractivity contribution in [3.8, 4) is 6.26 Å². The second-order valence-corrected chi connectivity index (χ2v) is 0.970. The number of imide groups is 1. The largest absolute Gasteiger partial charge is 0.430 e. The summed E-state index contributed by atoms with van der Waals surface area (Å²) in [6, 6.07) is -1.06. The Morgan fingerprint density at radius 3 is 2.56 bits per heavy atom. The number of nitrogens with zero attached hydrogens (tertiary/aromatic N) is 1. The fourth-order valence-electron chi connectivity index (χ4n) is 0.168. The van der Waals surface area contributed by atoms with Gasteiger partial charge in [-0.25, -0.2) is 14.9 Å². The number of rotatable bonds is 0. The summed E-state index contributed by atoms with van der Waals surface area (Å²) in [5, 5.41) is 9.16. The Hall–Kier alpha value is -1.77. The van der Waals surface area contributed by atoms with Crippen molar-refractivity contribution in [3.05, 3.63) is 0 Å². The summed E-state index contributed by atoms with van der Waals surface area (Å²) in [6.45, 7) is 0. The number of carbonyl (C=O) groups excluding carboxylic acids is 2. The van der Waals surface area contributed by atoms with E-state index in [-0.39, 0.29) is 0 Å². The predicted molar refractivity (Wildman–Crippen MR) is 24.8 cm³/mol. The van der Waals surface area contributed by atoms with Crippen molar-refractivity contribution in [2.75, 3.05) is 0 Å². The van der Waals surface area contributed by atoms with E-state index in [1.54, 1.807) is 0 Å². The molecular weight excluding hydrogens is 126 g/mol. The zero-order chi connectivity index (χ0) is 7.28. The number of urea groups is 1. The van der Waals surface area contributed by atoms with Crippen molar-refractivity contribution in [3.63, 3.8) is 0 Å². The van der Waals surface area contributed by atoms with Crippen molar-refractivity contribution in [1.82, 2.24) is 5.32 Å². The molecule has 0 aromatic carbocycles. The molecule has 6 heteroatoms. The third-order valence-corrected chi connectivity index (χ3v) is 0.364. The standard InChI is InChI=1S/C3H3N3O3/c4-1-9-3(8)6-2(5)7/h(H3,5,6,7,8). The molecule has 0 radical (unpaired) electrons. The summed E-state index contributed by atoms with van der Waals surface area (Å²) in [6.07, 6.45) is -0.123. The molecule has 0 atom stereocenters. The van der Waals surface area contributed by atoms with E-state index in [1.807, 2.05) is 0 Å². The van der Waals surface area contributed by atoms with E-state index in [9.17, 15) is 9.59 Å². The van der Waals surface area contributed by atoms with E-state index in [0.29, 0.717) is 0 Å². The molecule has 0 saturated carbocycles. The van der Waals surface area contributed by atoms with Crippen molar-refractivity contribution in [1.29, 1.82) is 5.26 Å². The molecule has 0 aliphatic heterocycles. The Kier molecular flexibility index (Phi) is 2.62. The molecular formula is C3H3N3O3. The van der Waals surface area contributed by atoms with Gasteiger partial charge in [0.25, 0.3) is 6.26 Å². The summed E-state index contributed by atoms with van der Waals surface area (Å²) in [4.78, 5) is 19.8. The van der Waals surface area contributed by atoms with Crippen LogP contribution in [0.4, 0.5) is 9.59 Å². The smallest absolute Gasteiger partial charge is 0.351 e. The summed E-state index contributed by atoms with van der Waals surface area (Å²) in [5.41, 5.74) is 4.46. The van der Waals surface area contributed by atoms with Gasteiger partial charge in [0.05, 0.1) is 0 Å². The molecule has 48 valence electrons. The maximum absolute atomic E-state index is 10.00. The zero-order valence-electron chi connectivity index (χ0n) is 4.25. The number of hydrogen-bond acceptors (Lipinski definition) is 4. The first kappa shape index (κ1) is 7.23. The van der Waals surface area contributed by atoms with Gasteiger partial charge in [-0.3, -0.25) is 0 Å². The Morgan fingerprint density at radius 2 is 2.22 bits per heavy atom. The van der Waals surface area contributed by atoms with Gasteiger partial charge in [-0.1, -0.05) is 0 Å². The molecule has 0 saturated heterocycles. The van der Waals surface area contributed by atoms with Gasteiger partial charge in [-0.15, -0.1) is 5.26 Å². The lowest BCUT2D eigenvalue weighted by atomic mass is 11.0. The van der Waals surface area contributed by atoms with Crippen LogP contribution in [0.3, 0.4) is 0 Å². The van der Waals surface area contributed by atoms with Crippen LogP contribution in [0, 0.1) is 11.5 Å². The maximum Gasteiger partial charge on any atom is 0.430 e. The van der Waals surface area contributed by atoms with Gasteiger partial charge >= 0.3 is 12.1 Å². The monoisotopic (exact) mass is 129 g/mol. The lowest BCUT2D eigenvalue weighted by Crippen LogP contribution is -2.34. The summed E-state index contributed by atoms with van der Waals surface area (Å²) in [7, 11) is 0. The second-order valence-electron chi connectivity index (χ2n) is 0.970. The highest BCUT2D eigenvalue weighted by molar-refractivity contribution is 5.89. The summed E-state index contributed by atoms with van der Waals surface area (Å²) >= 11 is 0. The molecule has 0 aromatic heterocycles. The lowest BCUT2D eigenvalue weighted by Gasteiger charge is -1.91. The van der Waals surface area contributed by atoms with E-state index >= 15 is 0 Å². The fraction of sp³-hybridized carbons (Fsp3) is 0. The van der Waals surface area contributed by atoms with E-state index in [0.717, 1.165) is 6.26 Å². The number of alkyl carbamates (subject to hydrolysis) is 1. The highest BCUT2D eigenvalue weighted by Crippen LogP contribution is 1.70. The number of hydrogen-bond donors (Lipinski definition) is 2. The van der Waals surface area contributed by atoms with Crippen LogP contribution in [0.2, 0.25) is 0 Å². The van der Waals surface area contributed by atoms with Gasteiger partial charge < -0.3 is 10.5 Å². The van der Waals surface area contributed by atoms with Crippen LogP contribution < -0.4 is 11.1 Å². The number of nitrogens with one attached hydrogen (secondary N) is 1.